The molecule has 0 amide bonds. The van der Waals surface area contributed by atoms with Crippen molar-refractivity contribution in [3.05, 3.63) is 23.8 Å². The molecule has 2 N–H and O–H groups in total. The molecule has 1 saturated heterocycles. The summed E-state index contributed by atoms with van der Waals surface area (Å²) < 4.78 is 5.76. The van der Waals surface area contributed by atoms with Crippen molar-refractivity contribution >= 4 is 11.5 Å². The number of hydrogen-bond donors (Lipinski definition) is 1. The Morgan fingerprint density at radius 2 is 2.05 bits per heavy atom. The average Bonchev–Trinajstić information content (AvgIpc) is 2.50. The number of Topliss-reactive ketones (excluding diaryl/α,β-unsaturated/α-hetero) is 1. The highest BCUT2D eigenvalue weighted by Gasteiger charge is 2.11. The molecule has 2 rings (SSSR count). The summed E-state index contributed by atoms with van der Waals surface area (Å²) in [6, 6.07) is 5.35. The second kappa shape index (κ2) is 8.03. The lowest BCUT2D eigenvalue weighted by Gasteiger charge is -2.26. The van der Waals surface area contributed by atoms with E-state index in [1.54, 1.807) is 6.07 Å². The van der Waals surface area contributed by atoms with Crippen molar-refractivity contribution < 1.29 is 9.53 Å². The number of carbonyl (C=O) groups excluding carboxylic acids is 1. The number of nitrogens with two attached hydrogens (primary N) is 1. The number of likely N-dealkylation sites (tertiary alicyclic amines) is 1. The molecule has 0 unspecified atom stereocenters. The summed E-state index contributed by atoms with van der Waals surface area (Å²) in [6.45, 7) is 5.92. The van der Waals surface area contributed by atoms with Gasteiger partial charge in [-0.2, -0.15) is 0 Å². The summed E-state index contributed by atoms with van der Waals surface area (Å²) in [6.07, 6.45) is 5.34. The van der Waals surface area contributed by atoms with E-state index in [-0.39, 0.29) is 5.78 Å². The Kier molecular flexibility index (Phi) is 6.05. The highest BCUT2D eigenvalue weighted by molar-refractivity contribution is 5.97. The zero-order valence-electron chi connectivity index (χ0n) is 12.9. The number of carbonyl (C=O) groups is 1. The molecule has 4 nitrogen and oxygen atoms in total. The first kappa shape index (κ1) is 15.8. The van der Waals surface area contributed by atoms with Crippen LogP contribution in [-0.4, -0.2) is 36.9 Å². The first-order chi connectivity index (χ1) is 10.2. The van der Waals surface area contributed by atoms with Gasteiger partial charge in [-0.15, -0.1) is 0 Å². The van der Waals surface area contributed by atoms with Gasteiger partial charge in [0.25, 0.3) is 0 Å². The smallest absolute Gasteiger partial charge is 0.162 e. The van der Waals surface area contributed by atoms with E-state index < -0.39 is 0 Å². The van der Waals surface area contributed by atoms with Crippen LogP contribution in [0.1, 0.15) is 49.4 Å². The molecule has 21 heavy (non-hydrogen) atoms. The monoisotopic (exact) mass is 290 g/mol. The van der Waals surface area contributed by atoms with Crippen molar-refractivity contribution in [3.63, 3.8) is 0 Å². The van der Waals surface area contributed by atoms with E-state index in [1.807, 2.05) is 19.1 Å². The third-order valence-electron chi connectivity index (χ3n) is 3.92. The van der Waals surface area contributed by atoms with Gasteiger partial charge in [-0.25, -0.2) is 0 Å². The minimum atomic E-state index is 0.143. The maximum absolute atomic E-state index is 11.8. The van der Waals surface area contributed by atoms with Gasteiger partial charge in [-0.05, 0) is 50.6 Å². The predicted molar refractivity (Wildman–Crippen MR) is 85.9 cm³/mol. The van der Waals surface area contributed by atoms with E-state index in [4.69, 9.17) is 10.5 Å². The highest BCUT2D eigenvalue weighted by atomic mass is 16.5. The number of hydrogen-bond acceptors (Lipinski definition) is 4. The summed E-state index contributed by atoms with van der Waals surface area (Å²) in [5.41, 5.74) is 7.21. The number of piperidine rings is 1. The molecule has 0 atom stereocenters. The van der Waals surface area contributed by atoms with Crippen LogP contribution >= 0.6 is 0 Å². The highest BCUT2D eigenvalue weighted by Crippen LogP contribution is 2.23. The van der Waals surface area contributed by atoms with Crippen LogP contribution < -0.4 is 10.5 Å². The van der Waals surface area contributed by atoms with Gasteiger partial charge in [0.1, 0.15) is 12.4 Å². The lowest BCUT2D eigenvalue weighted by atomic mass is 10.1. The number of rotatable bonds is 7. The lowest BCUT2D eigenvalue weighted by Crippen LogP contribution is -2.33. The second-order valence-corrected chi connectivity index (χ2v) is 5.68. The molecule has 0 aliphatic carbocycles. The third-order valence-corrected chi connectivity index (χ3v) is 3.92. The van der Waals surface area contributed by atoms with Crippen molar-refractivity contribution in [1.29, 1.82) is 0 Å². The van der Waals surface area contributed by atoms with E-state index in [1.165, 1.54) is 32.4 Å². The first-order valence-electron chi connectivity index (χ1n) is 7.98. The number of nitrogens with zero attached hydrogens (tertiary/aromatic N) is 1. The zero-order valence-corrected chi connectivity index (χ0v) is 12.9. The summed E-state index contributed by atoms with van der Waals surface area (Å²) in [4.78, 5) is 14.3. The van der Waals surface area contributed by atoms with Gasteiger partial charge in [0, 0.05) is 18.5 Å². The SMILES string of the molecule is CCCC(=O)c1ccc(OCCN2CCCCC2)c(N)c1. The first-order valence-corrected chi connectivity index (χ1v) is 7.98. The molecule has 1 heterocycles. The van der Waals surface area contributed by atoms with Crippen LogP contribution in [0.2, 0.25) is 0 Å². The molecule has 0 aromatic heterocycles. The Hall–Kier alpha value is -1.55. The topological polar surface area (TPSA) is 55.6 Å². The normalized spacial score (nSPS) is 15.9. The van der Waals surface area contributed by atoms with Crippen LogP contribution in [0.5, 0.6) is 5.75 Å². The van der Waals surface area contributed by atoms with Crippen molar-refractivity contribution in [1.82, 2.24) is 4.90 Å². The molecule has 1 aromatic rings. The zero-order chi connectivity index (χ0) is 15.1. The summed E-state index contributed by atoms with van der Waals surface area (Å²) in [5.74, 6) is 0.823. The number of benzene rings is 1. The number of ether oxygens (including phenoxy) is 1. The van der Waals surface area contributed by atoms with E-state index >= 15 is 0 Å². The molecule has 116 valence electrons. The van der Waals surface area contributed by atoms with Gasteiger partial charge >= 0.3 is 0 Å². The van der Waals surface area contributed by atoms with E-state index in [0.29, 0.717) is 30.0 Å². The van der Waals surface area contributed by atoms with Crippen LogP contribution in [-0.2, 0) is 0 Å². The van der Waals surface area contributed by atoms with Crippen molar-refractivity contribution in [3.8, 4) is 5.75 Å². The van der Waals surface area contributed by atoms with Crippen molar-refractivity contribution in [2.45, 2.75) is 39.0 Å². The van der Waals surface area contributed by atoms with Gasteiger partial charge < -0.3 is 10.5 Å². The maximum Gasteiger partial charge on any atom is 0.162 e. The van der Waals surface area contributed by atoms with Crippen LogP contribution in [0.4, 0.5) is 5.69 Å². The van der Waals surface area contributed by atoms with E-state index in [9.17, 15) is 4.79 Å². The Morgan fingerprint density at radius 1 is 1.29 bits per heavy atom. The van der Waals surface area contributed by atoms with Gasteiger partial charge in [0.05, 0.1) is 5.69 Å². The minimum Gasteiger partial charge on any atom is -0.490 e. The van der Waals surface area contributed by atoms with Gasteiger partial charge in [0.2, 0.25) is 0 Å². The molecule has 0 bridgehead atoms. The average molecular weight is 290 g/mol. The quantitative estimate of drug-likeness (QED) is 0.619. The number of nitrogen functional groups attached to an aromatic ring is 1. The maximum atomic E-state index is 11.8. The van der Waals surface area contributed by atoms with Crippen LogP contribution in [0.3, 0.4) is 0 Å². The Labute approximate surface area is 127 Å². The number of anilines is 1. The summed E-state index contributed by atoms with van der Waals surface area (Å²) in [7, 11) is 0. The van der Waals surface area contributed by atoms with Crippen LogP contribution in [0, 0.1) is 0 Å². The molecule has 1 aliphatic rings. The fraction of sp³-hybridized carbons (Fsp3) is 0.588. The number of ketones is 1. The fourth-order valence-corrected chi connectivity index (χ4v) is 2.69. The molecular weight excluding hydrogens is 264 g/mol. The molecule has 1 aromatic carbocycles. The van der Waals surface area contributed by atoms with E-state index in [0.717, 1.165) is 13.0 Å². The predicted octanol–water partition coefficient (Wildman–Crippen LogP) is 3.12. The Bertz CT molecular complexity index is 468. The standard InChI is InChI=1S/C17H26N2O2/c1-2-6-16(20)14-7-8-17(15(18)13-14)21-12-11-19-9-4-3-5-10-19/h7-8,13H,2-6,9-12,18H2,1H3. The van der Waals surface area contributed by atoms with Gasteiger partial charge in [-0.3, -0.25) is 9.69 Å². The minimum absolute atomic E-state index is 0.143. The van der Waals surface area contributed by atoms with Crippen molar-refractivity contribution in [2.75, 3.05) is 32.0 Å². The lowest BCUT2D eigenvalue weighted by molar-refractivity contribution is 0.0981. The van der Waals surface area contributed by atoms with Crippen LogP contribution in [0.25, 0.3) is 0 Å². The molecule has 0 saturated carbocycles. The van der Waals surface area contributed by atoms with E-state index in [2.05, 4.69) is 4.90 Å². The molecule has 0 radical (unpaired) electrons. The van der Waals surface area contributed by atoms with Gasteiger partial charge in [0.15, 0.2) is 5.78 Å². The van der Waals surface area contributed by atoms with Crippen LogP contribution in [0.15, 0.2) is 18.2 Å². The molecular formula is C17H26N2O2. The molecule has 4 heteroatoms. The third kappa shape index (κ3) is 4.74. The molecule has 1 fully saturated rings. The van der Waals surface area contributed by atoms with Gasteiger partial charge in [-0.1, -0.05) is 13.3 Å². The summed E-state index contributed by atoms with van der Waals surface area (Å²) >= 11 is 0. The molecule has 0 spiro atoms. The van der Waals surface area contributed by atoms with Crippen molar-refractivity contribution in [2.24, 2.45) is 0 Å². The largest absolute Gasteiger partial charge is 0.490 e. The molecule has 1 aliphatic heterocycles. The Morgan fingerprint density at radius 3 is 2.71 bits per heavy atom. The fourth-order valence-electron chi connectivity index (χ4n) is 2.69. The summed E-state index contributed by atoms with van der Waals surface area (Å²) in [5, 5.41) is 0. The Balaban J connectivity index is 1.84. The second-order valence-electron chi connectivity index (χ2n) is 5.68.